The van der Waals surface area contributed by atoms with Crippen LogP contribution in [0.1, 0.15) is 19.0 Å². The van der Waals surface area contributed by atoms with Crippen molar-refractivity contribution in [2.75, 3.05) is 19.0 Å². The van der Waals surface area contributed by atoms with Crippen molar-refractivity contribution in [3.63, 3.8) is 0 Å². The molecule has 19 heavy (non-hydrogen) atoms. The maximum absolute atomic E-state index is 13.3. The highest BCUT2D eigenvalue weighted by atomic mass is 19.2. The van der Waals surface area contributed by atoms with Gasteiger partial charge in [0.15, 0.2) is 11.6 Å². The number of fused-ring (bicyclic) bond motifs is 1. The number of hydrogen-bond donors (Lipinski definition) is 1. The van der Waals surface area contributed by atoms with Crippen LogP contribution in [0, 0.1) is 11.6 Å². The number of anilines is 1. The van der Waals surface area contributed by atoms with Gasteiger partial charge in [-0.1, -0.05) is 6.92 Å². The summed E-state index contributed by atoms with van der Waals surface area (Å²) in [6, 6.07) is 4.09. The summed E-state index contributed by atoms with van der Waals surface area (Å²) in [5.74, 6) is -1.76. The Hall–Kier alpha value is -1.75. The van der Waals surface area contributed by atoms with Crippen LogP contribution in [0.15, 0.2) is 18.2 Å². The third-order valence-corrected chi connectivity index (χ3v) is 2.76. The lowest BCUT2D eigenvalue weighted by Crippen LogP contribution is -2.04. The summed E-state index contributed by atoms with van der Waals surface area (Å²) in [4.78, 5) is 4.26. The second kappa shape index (κ2) is 5.93. The van der Waals surface area contributed by atoms with Crippen LogP contribution in [0.3, 0.4) is 0 Å². The van der Waals surface area contributed by atoms with Crippen molar-refractivity contribution in [3.05, 3.63) is 35.5 Å². The topological polar surface area (TPSA) is 34.1 Å². The molecule has 0 saturated heterocycles. The highest BCUT2D eigenvalue weighted by Gasteiger charge is 2.10. The average molecular weight is 266 g/mol. The van der Waals surface area contributed by atoms with E-state index in [1.807, 2.05) is 6.92 Å². The van der Waals surface area contributed by atoms with Gasteiger partial charge in [-0.05, 0) is 18.6 Å². The lowest BCUT2D eigenvalue weighted by atomic mass is 10.1. The summed E-state index contributed by atoms with van der Waals surface area (Å²) < 4.78 is 31.7. The van der Waals surface area contributed by atoms with Crippen molar-refractivity contribution in [3.8, 4) is 0 Å². The van der Waals surface area contributed by atoms with Crippen molar-refractivity contribution in [2.45, 2.75) is 20.0 Å². The molecule has 1 heterocycles. The lowest BCUT2D eigenvalue weighted by molar-refractivity contribution is 0.182. The van der Waals surface area contributed by atoms with E-state index >= 15 is 0 Å². The number of benzene rings is 1. The molecule has 2 rings (SSSR count). The zero-order valence-corrected chi connectivity index (χ0v) is 11.0. The van der Waals surface area contributed by atoms with Gasteiger partial charge < -0.3 is 10.1 Å². The van der Waals surface area contributed by atoms with Gasteiger partial charge in [-0.2, -0.15) is 0 Å². The third-order valence-electron chi connectivity index (χ3n) is 2.76. The number of nitrogens with zero attached hydrogens (tertiary/aromatic N) is 1. The van der Waals surface area contributed by atoms with E-state index in [-0.39, 0.29) is 0 Å². The molecular weight excluding hydrogens is 250 g/mol. The fourth-order valence-corrected chi connectivity index (χ4v) is 1.90. The highest BCUT2D eigenvalue weighted by molar-refractivity contribution is 5.91. The Morgan fingerprint density at radius 1 is 1.21 bits per heavy atom. The molecule has 2 aromatic rings. The monoisotopic (exact) mass is 266 g/mol. The first-order chi connectivity index (χ1) is 9.15. The minimum absolute atomic E-state index is 0.329. The van der Waals surface area contributed by atoms with Crippen LogP contribution < -0.4 is 5.32 Å². The SMILES string of the molecule is CCCNc1cc(COC)nc2cc(F)c(F)cc12. The normalized spacial score (nSPS) is 10.9. The summed E-state index contributed by atoms with van der Waals surface area (Å²) in [5, 5.41) is 3.77. The number of aromatic nitrogens is 1. The van der Waals surface area contributed by atoms with E-state index in [1.165, 1.54) is 6.07 Å². The fourth-order valence-electron chi connectivity index (χ4n) is 1.90. The molecule has 0 unspecified atom stereocenters. The minimum Gasteiger partial charge on any atom is -0.384 e. The third kappa shape index (κ3) is 2.98. The number of methoxy groups -OCH3 is 1. The van der Waals surface area contributed by atoms with Gasteiger partial charge >= 0.3 is 0 Å². The molecule has 1 aromatic carbocycles. The van der Waals surface area contributed by atoms with Gasteiger partial charge in [0, 0.05) is 30.8 Å². The molecule has 3 nitrogen and oxygen atoms in total. The lowest BCUT2D eigenvalue weighted by Gasteiger charge is -2.11. The van der Waals surface area contributed by atoms with Crippen LogP contribution in [-0.2, 0) is 11.3 Å². The first-order valence-corrected chi connectivity index (χ1v) is 6.17. The molecule has 0 spiro atoms. The van der Waals surface area contributed by atoms with E-state index in [9.17, 15) is 8.78 Å². The van der Waals surface area contributed by atoms with E-state index in [4.69, 9.17) is 4.74 Å². The fraction of sp³-hybridized carbons (Fsp3) is 0.357. The Morgan fingerprint density at radius 3 is 2.63 bits per heavy atom. The van der Waals surface area contributed by atoms with E-state index in [1.54, 1.807) is 13.2 Å². The molecule has 0 fully saturated rings. The summed E-state index contributed by atoms with van der Waals surface area (Å²) in [5.41, 5.74) is 1.85. The summed E-state index contributed by atoms with van der Waals surface area (Å²) in [6.07, 6.45) is 0.938. The van der Waals surface area contributed by atoms with E-state index in [2.05, 4.69) is 10.3 Å². The molecule has 0 bridgehead atoms. The van der Waals surface area contributed by atoms with Crippen molar-refractivity contribution in [1.29, 1.82) is 0 Å². The Morgan fingerprint density at radius 2 is 1.95 bits per heavy atom. The Bertz CT molecular complexity index is 587. The van der Waals surface area contributed by atoms with Crippen LogP contribution in [0.4, 0.5) is 14.5 Å². The van der Waals surface area contributed by atoms with E-state index < -0.39 is 11.6 Å². The minimum atomic E-state index is -0.893. The second-order valence-electron chi connectivity index (χ2n) is 4.30. The Labute approximate surface area is 110 Å². The molecule has 1 N–H and O–H groups in total. The number of hydrogen-bond acceptors (Lipinski definition) is 3. The Balaban J connectivity index is 2.56. The van der Waals surface area contributed by atoms with Crippen LogP contribution in [0.5, 0.6) is 0 Å². The predicted octanol–water partition coefficient (Wildman–Crippen LogP) is 3.48. The van der Waals surface area contributed by atoms with Gasteiger partial charge in [-0.25, -0.2) is 8.78 Å². The summed E-state index contributed by atoms with van der Waals surface area (Å²) in [7, 11) is 1.57. The van der Waals surface area contributed by atoms with Crippen LogP contribution in [-0.4, -0.2) is 18.6 Å². The van der Waals surface area contributed by atoms with Crippen molar-refractivity contribution < 1.29 is 13.5 Å². The van der Waals surface area contributed by atoms with Crippen LogP contribution in [0.2, 0.25) is 0 Å². The second-order valence-corrected chi connectivity index (χ2v) is 4.30. The smallest absolute Gasteiger partial charge is 0.161 e. The number of pyridine rings is 1. The molecule has 0 amide bonds. The molecule has 0 aliphatic rings. The Kier molecular flexibility index (Phi) is 4.27. The molecule has 1 aromatic heterocycles. The van der Waals surface area contributed by atoms with Crippen LogP contribution in [0.25, 0.3) is 10.9 Å². The van der Waals surface area contributed by atoms with Gasteiger partial charge in [0.2, 0.25) is 0 Å². The van der Waals surface area contributed by atoms with E-state index in [0.29, 0.717) is 23.2 Å². The maximum atomic E-state index is 13.3. The number of ether oxygens (including phenoxy) is 1. The summed E-state index contributed by atoms with van der Waals surface area (Å²) >= 11 is 0. The van der Waals surface area contributed by atoms with Crippen molar-refractivity contribution >= 4 is 16.6 Å². The number of halogens is 2. The highest BCUT2D eigenvalue weighted by Crippen LogP contribution is 2.26. The van der Waals surface area contributed by atoms with E-state index in [0.717, 1.165) is 24.7 Å². The molecule has 0 radical (unpaired) electrons. The van der Waals surface area contributed by atoms with Gasteiger partial charge in [-0.3, -0.25) is 4.98 Å². The zero-order chi connectivity index (χ0) is 13.8. The molecule has 0 atom stereocenters. The number of nitrogens with one attached hydrogen (secondary N) is 1. The summed E-state index contributed by atoms with van der Waals surface area (Å²) in [6.45, 7) is 3.12. The predicted molar refractivity (Wildman–Crippen MR) is 71.2 cm³/mol. The molecular formula is C14H16F2N2O. The van der Waals surface area contributed by atoms with Gasteiger partial charge in [0.1, 0.15) is 0 Å². The molecule has 0 aliphatic carbocycles. The van der Waals surface area contributed by atoms with Crippen molar-refractivity contribution in [2.24, 2.45) is 0 Å². The number of rotatable bonds is 5. The van der Waals surface area contributed by atoms with Crippen molar-refractivity contribution in [1.82, 2.24) is 4.98 Å². The molecule has 102 valence electrons. The largest absolute Gasteiger partial charge is 0.384 e. The average Bonchev–Trinajstić information content (AvgIpc) is 2.38. The van der Waals surface area contributed by atoms with Gasteiger partial charge in [-0.15, -0.1) is 0 Å². The maximum Gasteiger partial charge on any atom is 0.161 e. The zero-order valence-electron chi connectivity index (χ0n) is 11.0. The first kappa shape index (κ1) is 13.7. The quantitative estimate of drug-likeness (QED) is 0.899. The van der Waals surface area contributed by atoms with Crippen LogP contribution >= 0.6 is 0 Å². The molecule has 0 saturated carbocycles. The first-order valence-electron chi connectivity index (χ1n) is 6.17. The molecule has 5 heteroatoms. The van der Waals surface area contributed by atoms with Gasteiger partial charge in [0.25, 0.3) is 0 Å². The standard InChI is InChI=1S/C14H16F2N2O/c1-3-4-17-13-5-9(8-19-2)18-14-7-12(16)11(15)6-10(13)14/h5-7H,3-4,8H2,1-2H3,(H,17,18). The van der Waals surface area contributed by atoms with Gasteiger partial charge in [0.05, 0.1) is 17.8 Å². The molecule has 0 aliphatic heterocycles.